The van der Waals surface area contributed by atoms with Crippen LogP contribution >= 0.6 is 11.6 Å². The molecule has 0 radical (unpaired) electrons. The second-order valence-electron chi connectivity index (χ2n) is 7.88. The van der Waals surface area contributed by atoms with Crippen LogP contribution in [0.4, 0.5) is 10.1 Å². The number of hydrogen-bond donors (Lipinski definition) is 1. The van der Waals surface area contributed by atoms with Crippen LogP contribution in [0.25, 0.3) is 0 Å². The van der Waals surface area contributed by atoms with Crippen LogP contribution < -0.4 is 5.32 Å². The Kier molecular flexibility index (Phi) is 6.55. The second-order valence-corrected chi connectivity index (χ2v) is 10.2. The van der Waals surface area contributed by atoms with Gasteiger partial charge in [0, 0.05) is 19.0 Å². The Hall–Kier alpha value is -1.96. The van der Waals surface area contributed by atoms with Crippen LogP contribution in [0.5, 0.6) is 0 Å². The first-order valence-electron chi connectivity index (χ1n) is 9.86. The molecule has 0 unspecified atom stereocenters. The van der Waals surface area contributed by atoms with E-state index in [0.29, 0.717) is 23.4 Å². The normalized spacial score (nSPS) is 15.9. The number of amides is 1. The maximum atomic E-state index is 13.3. The Morgan fingerprint density at radius 3 is 2.17 bits per heavy atom. The monoisotopic (exact) mass is 452 g/mol. The van der Waals surface area contributed by atoms with Crippen LogP contribution in [-0.2, 0) is 14.8 Å². The standard InChI is InChI=1S/C22H26ClFN2O3S/c1-13-11-14(2)16(4)21(15(13)3)30(28,29)26-9-7-17(8-10-26)22(27)25-20-6-5-18(24)12-19(20)23/h5-6,11-12,17H,7-10H2,1-4H3,(H,25,27). The van der Waals surface area contributed by atoms with E-state index in [1.807, 2.05) is 33.8 Å². The summed E-state index contributed by atoms with van der Waals surface area (Å²) in [5, 5.41) is 2.85. The fourth-order valence-corrected chi connectivity index (χ4v) is 6.14. The van der Waals surface area contributed by atoms with E-state index < -0.39 is 15.8 Å². The van der Waals surface area contributed by atoms with E-state index in [1.165, 1.54) is 16.4 Å². The lowest BCUT2D eigenvalue weighted by Gasteiger charge is -2.32. The van der Waals surface area contributed by atoms with Crippen LogP contribution in [0.1, 0.15) is 35.1 Å². The summed E-state index contributed by atoms with van der Waals surface area (Å²) in [5.41, 5.74) is 3.77. The molecule has 0 bridgehead atoms. The Bertz CT molecular complexity index is 1070. The highest BCUT2D eigenvalue weighted by Gasteiger charge is 2.34. The number of rotatable bonds is 4. The number of piperidine rings is 1. The molecule has 8 heteroatoms. The van der Waals surface area contributed by atoms with Crippen molar-refractivity contribution in [2.45, 2.75) is 45.4 Å². The minimum Gasteiger partial charge on any atom is -0.325 e. The van der Waals surface area contributed by atoms with Crippen molar-refractivity contribution in [1.29, 1.82) is 0 Å². The van der Waals surface area contributed by atoms with Gasteiger partial charge in [0.1, 0.15) is 5.82 Å². The Morgan fingerprint density at radius 2 is 1.63 bits per heavy atom. The van der Waals surface area contributed by atoms with Gasteiger partial charge in [-0.1, -0.05) is 17.7 Å². The van der Waals surface area contributed by atoms with Crippen molar-refractivity contribution >= 4 is 33.2 Å². The van der Waals surface area contributed by atoms with E-state index in [2.05, 4.69) is 5.32 Å². The van der Waals surface area contributed by atoms with E-state index in [-0.39, 0.29) is 29.9 Å². The van der Waals surface area contributed by atoms with Gasteiger partial charge in [-0.25, -0.2) is 12.8 Å². The Labute approximate surface area is 182 Å². The van der Waals surface area contributed by atoms with Crippen LogP contribution in [0.15, 0.2) is 29.2 Å². The second kappa shape index (κ2) is 8.65. The first-order valence-corrected chi connectivity index (χ1v) is 11.7. The summed E-state index contributed by atoms with van der Waals surface area (Å²) in [7, 11) is -3.65. The molecule has 2 aromatic carbocycles. The fraction of sp³-hybridized carbons (Fsp3) is 0.409. The summed E-state index contributed by atoms with van der Waals surface area (Å²) in [6.07, 6.45) is 0.819. The predicted octanol–water partition coefficient (Wildman–Crippen LogP) is 4.75. The average molecular weight is 453 g/mol. The molecule has 0 spiro atoms. The highest BCUT2D eigenvalue weighted by atomic mass is 35.5. The zero-order valence-corrected chi connectivity index (χ0v) is 19.1. The highest BCUT2D eigenvalue weighted by Crippen LogP contribution is 2.32. The zero-order valence-electron chi connectivity index (χ0n) is 17.6. The highest BCUT2D eigenvalue weighted by molar-refractivity contribution is 7.89. The number of benzene rings is 2. The molecular weight excluding hydrogens is 427 g/mol. The van der Waals surface area contributed by atoms with Gasteiger partial charge in [-0.05, 0) is 81.0 Å². The number of nitrogens with zero attached hydrogens (tertiary/aromatic N) is 1. The number of nitrogens with one attached hydrogen (secondary N) is 1. The largest absolute Gasteiger partial charge is 0.325 e. The predicted molar refractivity (Wildman–Crippen MR) is 117 cm³/mol. The molecular formula is C22H26ClFN2O3S. The molecule has 1 fully saturated rings. The van der Waals surface area contributed by atoms with Gasteiger partial charge in [0.25, 0.3) is 0 Å². The molecule has 2 aromatic rings. The minimum absolute atomic E-state index is 0.129. The van der Waals surface area contributed by atoms with Gasteiger partial charge in [-0.3, -0.25) is 4.79 Å². The molecule has 30 heavy (non-hydrogen) atoms. The molecule has 1 aliphatic rings. The van der Waals surface area contributed by atoms with E-state index in [1.54, 1.807) is 0 Å². The molecule has 162 valence electrons. The third-order valence-corrected chi connectivity index (χ3v) is 8.39. The molecule has 5 nitrogen and oxygen atoms in total. The maximum absolute atomic E-state index is 13.3. The van der Waals surface area contributed by atoms with Gasteiger partial charge in [0.05, 0.1) is 15.6 Å². The topological polar surface area (TPSA) is 66.5 Å². The number of aryl methyl sites for hydroxylation is 2. The zero-order chi connectivity index (χ0) is 22.2. The Morgan fingerprint density at radius 1 is 1.07 bits per heavy atom. The van der Waals surface area contributed by atoms with Crippen molar-refractivity contribution in [3.8, 4) is 0 Å². The van der Waals surface area contributed by atoms with Crippen LogP contribution in [0, 0.1) is 39.4 Å². The van der Waals surface area contributed by atoms with Gasteiger partial charge in [-0.2, -0.15) is 4.31 Å². The molecule has 0 saturated carbocycles. The number of sulfonamides is 1. The SMILES string of the molecule is Cc1cc(C)c(C)c(S(=O)(=O)N2CCC(C(=O)Nc3ccc(F)cc3Cl)CC2)c1C. The van der Waals surface area contributed by atoms with Crippen molar-refractivity contribution in [2.24, 2.45) is 5.92 Å². The number of halogens is 2. The quantitative estimate of drug-likeness (QED) is 0.727. The van der Waals surface area contributed by atoms with Crippen molar-refractivity contribution in [3.63, 3.8) is 0 Å². The number of anilines is 1. The molecule has 3 rings (SSSR count). The molecule has 0 aliphatic carbocycles. The van der Waals surface area contributed by atoms with Crippen LogP contribution in [0.3, 0.4) is 0 Å². The smallest absolute Gasteiger partial charge is 0.243 e. The molecule has 0 aromatic heterocycles. The van der Waals surface area contributed by atoms with Crippen molar-refractivity contribution in [3.05, 3.63) is 57.4 Å². The molecule has 1 heterocycles. The molecule has 1 amide bonds. The number of carbonyl (C=O) groups is 1. The fourth-order valence-electron chi connectivity index (χ4n) is 3.88. The van der Waals surface area contributed by atoms with Crippen molar-refractivity contribution in [2.75, 3.05) is 18.4 Å². The summed E-state index contributed by atoms with van der Waals surface area (Å²) >= 11 is 5.98. The lowest BCUT2D eigenvalue weighted by atomic mass is 9.97. The summed E-state index contributed by atoms with van der Waals surface area (Å²) in [4.78, 5) is 13.0. The molecule has 0 atom stereocenters. The summed E-state index contributed by atoms with van der Waals surface area (Å²) in [5.74, 6) is -1.05. The average Bonchev–Trinajstić information content (AvgIpc) is 2.68. The minimum atomic E-state index is -3.65. The number of carbonyl (C=O) groups excluding carboxylic acids is 1. The molecule has 1 N–H and O–H groups in total. The summed E-state index contributed by atoms with van der Waals surface area (Å²) < 4.78 is 41.3. The lowest BCUT2D eigenvalue weighted by molar-refractivity contribution is -0.120. The lowest BCUT2D eigenvalue weighted by Crippen LogP contribution is -2.41. The molecule has 1 aliphatic heterocycles. The summed E-state index contributed by atoms with van der Waals surface area (Å²) in [6, 6.07) is 5.79. The van der Waals surface area contributed by atoms with Gasteiger partial charge < -0.3 is 5.32 Å². The van der Waals surface area contributed by atoms with Crippen molar-refractivity contribution in [1.82, 2.24) is 4.31 Å². The van der Waals surface area contributed by atoms with Crippen molar-refractivity contribution < 1.29 is 17.6 Å². The number of hydrogen-bond acceptors (Lipinski definition) is 3. The Balaban J connectivity index is 1.73. The van der Waals surface area contributed by atoms with E-state index in [0.717, 1.165) is 28.3 Å². The molecule has 1 saturated heterocycles. The first kappa shape index (κ1) is 22.7. The third kappa shape index (κ3) is 4.38. The van der Waals surface area contributed by atoms with E-state index in [4.69, 9.17) is 11.6 Å². The van der Waals surface area contributed by atoms with Gasteiger partial charge in [-0.15, -0.1) is 0 Å². The summed E-state index contributed by atoms with van der Waals surface area (Å²) in [6.45, 7) is 8.03. The van der Waals surface area contributed by atoms with Gasteiger partial charge in [0.2, 0.25) is 15.9 Å². The van der Waals surface area contributed by atoms with Crippen LogP contribution in [0.2, 0.25) is 5.02 Å². The maximum Gasteiger partial charge on any atom is 0.243 e. The van der Waals surface area contributed by atoms with Gasteiger partial charge in [0.15, 0.2) is 0 Å². The van der Waals surface area contributed by atoms with Gasteiger partial charge >= 0.3 is 0 Å². The van der Waals surface area contributed by atoms with E-state index in [9.17, 15) is 17.6 Å². The first-order chi connectivity index (χ1) is 14.0. The third-order valence-electron chi connectivity index (χ3n) is 5.91. The van der Waals surface area contributed by atoms with E-state index >= 15 is 0 Å². The van der Waals surface area contributed by atoms with Crippen LogP contribution in [-0.4, -0.2) is 31.7 Å².